The van der Waals surface area contributed by atoms with Gasteiger partial charge in [-0.3, -0.25) is 0 Å². The Kier molecular flexibility index (Phi) is 5.54. The number of hydrogen-bond donors (Lipinski definition) is 1. The third kappa shape index (κ3) is 4.14. The summed E-state index contributed by atoms with van der Waals surface area (Å²) in [4.78, 5) is 11.1. The molecular weight excluding hydrogens is 240 g/mol. The summed E-state index contributed by atoms with van der Waals surface area (Å²) in [5.74, 6) is 0.811. The predicted molar refractivity (Wildman–Crippen MR) is 76.3 cm³/mol. The number of nitrogens with zero attached hydrogens (tertiary/aromatic N) is 3. The molecule has 0 radical (unpaired) electrons. The average molecular weight is 264 g/mol. The Morgan fingerprint density at radius 1 is 1.42 bits per heavy atom. The van der Waals surface area contributed by atoms with Gasteiger partial charge in [-0.15, -0.1) is 0 Å². The molecule has 0 amide bonds. The first-order chi connectivity index (χ1) is 9.33. The van der Waals surface area contributed by atoms with E-state index in [9.17, 15) is 0 Å². The van der Waals surface area contributed by atoms with Gasteiger partial charge in [0, 0.05) is 32.1 Å². The van der Waals surface area contributed by atoms with Crippen LogP contribution in [0.5, 0.6) is 0 Å². The van der Waals surface area contributed by atoms with Crippen LogP contribution < -0.4 is 10.6 Å². The molecule has 2 heterocycles. The van der Waals surface area contributed by atoms with Crippen LogP contribution in [0.4, 0.5) is 5.95 Å². The van der Waals surface area contributed by atoms with Crippen molar-refractivity contribution in [3.63, 3.8) is 0 Å². The molecular formula is C14H24N4O. The van der Waals surface area contributed by atoms with Gasteiger partial charge < -0.3 is 15.4 Å². The van der Waals surface area contributed by atoms with Crippen LogP contribution in [0.2, 0.25) is 0 Å². The number of aromatic nitrogens is 2. The van der Waals surface area contributed by atoms with Crippen LogP contribution >= 0.6 is 0 Å². The molecule has 5 heteroatoms. The summed E-state index contributed by atoms with van der Waals surface area (Å²) in [6.45, 7) is 5.53. The zero-order valence-corrected chi connectivity index (χ0v) is 11.7. The summed E-state index contributed by atoms with van der Waals surface area (Å²) in [6.07, 6.45) is 8.27. The molecule has 1 aliphatic rings. The lowest BCUT2D eigenvalue weighted by Gasteiger charge is -2.32. The molecule has 1 unspecified atom stereocenters. The van der Waals surface area contributed by atoms with E-state index in [0.29, 0.717) is 12.6 Å². The second kappa shape index (κ2) is 7.40. The van der Waals surface area contributed by atoms with E-state index in [4.69, 9.17) is 10.5 Å². The fourth-order valence-corrected chi connectivity index (χ4v) is 2.35. The highest BCUT2D eigenvalue weighted by Crippen LogP contribution is 2.18. The smallest absolute Gasteiger partial charge is 0.225 e. The average Bonchev–Trinajstić information content (AvgIpc) is 2.46. The SMILES string of the molecule is CCCOC1CCCN(c2ncc(CCN)cn2)C1. The minimum Gasteiger partial charge on any atom is -0.376 e. The van der Waals surface area contributed by atoms with Crippen LogP contribution in [0.15, 0.2) is 12.4 Å². The normalized spacial score (nSPS) is 19.7. The van der Waals surface area contributed by atoms with E-state index in [2.05, 4.69) is 21.8 Å². The first-order valence-corrected chi connectivity index (χ1v) is 7.21. The molecule has 1 aromatic rings. The van der Waals surface area contributed by atoms with E-state index in [1.807, 2.05) is 12.4 Å². The summed E-state index contributed by atoms with van der Waals surface area (Å²) in [5.41, 5.74) is 6.62. The van der Waals surface area contributed by atoms with E-state index >= 15 is 0 Å². The van der Waals surface area contributed by atoms with Gasteiger partial charge in [-0.25, -0.2) is 9.97 Å². The van der Waals surface area contributed by atoms with Crippen molar-refractivity contribution in [2.24, 2.45) is 5.73 Å². The largest absolute Gasteiger partial charge is 0.376 e. The molecule has 1 atom stereocenters. The third-order valence-corrected chi connectivity index (χ3v) is 3.34. The van der Waals surface area contributed by atoms with E-state index in [0.717, 1.165) is 56.9 Å². The summed E-state index contributed by atoms with van der Waals surface area (Å²) >= 11 is 0. The van der Waals surface area contributed by atoms with Gasteiger partial charge in [-0.2, -0.15) is 0 Å². The van der Waals surface area contributed by atoms with E-state index in [1.54, 1.807) is 0 Å². The summed E-state index contributed by atoms with van der Waals surface area (Å²) in [5, 5.41) is 0. The Labute approximate surface area is 115 Å². The third-order valence-electron chi connectivity index (χ3n) is 3.34. The van der Waals surface area contributed by atoms with Crippen molar-refractivity contribution >= 4 is 5.95 Å². The highest BCUT2D eigenvalue weighted by Gasteiger charge is 2.21. The lowest BCUT2D eigenvalue weighted by Crippen LogP contribution is -2.40. The lowest BCUT2D eigenvalue weighted by molar-refractivity contribution is 0.0437. The van der Waals surface area contributed by atoms with Gasteiger partial charge in [0.2, 0.25) is 5.95 Å². The van der Waals surface area contributed by atoms with Crippen molar-refractivity contribution in [1.82, 2.24) is 9.97 Å². The zero-order chi connectivity index (χ0) is 13.5. The van der Waals surface area contributed by atoms with Gasteiger partial charge in [-0.05, 0) is 37.8 Å². The Bertz CT molecular complexity index is 368. The van der Waals surface area contributed by atoms with Crippen LogP contribution in [-0.4, -0.2) is 42.3 Å². The predicted octanol–water partition coefficient (Wildman–Crippen LogP) is 1.37. The molecule has 0 saturated carbocycles. The van der Waals surface area contributed by atoms with Crippen LogP contribution in [0.3, 0.4) is 0 Å². The standard InChI is InChI=1S/C14H24N4O/c1-2-8-19-13-4-3-7-18(11-13)14-16-9-12(5-6-15)10-17-14/h9-10,13H,2-8,11,15H2,1H3. The molecule has 1 fully saturated rings. The van der Waals surface area contributed by atoms with E-state index < -0.39 is 0 Å². The lowest BCUT2D eigenvalue weighted by atomic mass is 10.1. The molecule has 19 heavy (non-hydrogen) atoms. The molecule has 0 bridgehead atoms. The molecule has 5 nitrogen and oxygen atoms in total. The molecule has 1 aliphatic heterocycles. The van der Waals surface area contributed by atoms with Gasteiger partial charge in [0.15, 0.2) is 0 Å². The maximum Gasteiger partial charge on any atom is 0.225 e. The second-order valence-corrected chi connectivity index (χ2v) is 5.01. The first kappa shape index (κ1) is 14.2. The Morgan fingerprint density at radius 2 is 2.21 bits per heavy atom. The van der Waals surface area contributed by atoms with Crippen molar-refractivity contribution in [3.8, 4) is 0 Å². The molecule has 1 aromatic heterocycles. The van der Waals surface area contributed by atoms with Crippen LogP contribution in [0.1, 0.15) is 31.7 Å². The highest BCUT2D eigenvalue weighted by atomic mass is 16.5. The fourth-order valence-electron chi connectivity index (χ4n) is 2.35. The molecule has 2 N–H and O–H groups in total. The monoisotopic (exact) mass is 264 g/mol. The summed E-state index contributed by atoms with van der Waals surface area (Å²) in [6, 6.07) is 0. The quantitative estimate of drug-likeness (QED) is 0.841. The topological polar surface area (TPSA) is 64.3 Å². The Morgan fingerprint density at radius 3 is 2.89 bits per heavy atom. The number of hydrogen-bond acceptors (Lipinski definition) is 5. The zero-order valence-electron chi connectivity index (χ0n) is 11.7. The van der Waals surface area contributed by atoms with E-state index in [1.165, 1.54) is 0 Å². The maximum absolute atomic E-state index is 5.83. The maximum atomic E-state index is 5.83. The van der Waals surface area contributed by atoms with Crippen LogP contribution in [-0.2, 0) is 11.2 Å². The summed E-state index contributed by atoms with van der Waals surface area (Å²) in [7, 11) is 0. The molecule has 0 aliphatic carbocycles. The van der Waals surface area contributed by atoms with Crippen molar-refractivity contribution in [3.05, 3.63) is 18.0 Å². The van der Waals surface area contributed by atoms with Gasteiger partial charge in [0.05, 0.1) is 6.10 Å². The number of nitrogens with two attached hydrogens (primary N) is 1. The second-order valence-electron chi connectivity index (χ2n) is 5.01. The molecule has 0 spiro atoms. The van der Waals surface area contributed by atoms with Crippen LogP contribution in [0, 0.1) is 0 Å². The van der Waals surface area contributed by atoms with Crippen molar-refractivity contribution in [1.29, 1.82) is 0 Å². The van der Waals surface area contributed by atoms with Gasteiger partial charge in [0.25, 0.3) is 0 Å². The Balaban J connectivity index is 1.92. The molecule has 0 aromatic carbocycles. The highest BCUT2D eigenvalue weighted by molar-refractivity contribution is 5.31. The number of rotatable bonds is 6. The van der Waals surface area contributed by atoms with Gasteiger partial charge in [-0.1, -0.05) is 6.92 Å². The number of piperidine rings is 1. The van der Waals surface area contributed by atoms with E-state index in [-0.39, 0.29) is 0 Å². The number of ether oxygens (including phenoxy) is 1. The minimum atomic E-state index is 0.320. The van der Waals surface area contributed by atoms with Crippen molar-refractivity contribution in [2.45, 2.75) is 38.7 Å². The fraction of sp³-hybridized carbons (Fsp3) is 0.714. The Hall–Kier alpha value is -1.20. The van der Waals surface area contributed by atoms with Gasteiger partial charge >= 0.3 is 0 Å². The van der Waals surface area contributed by atoms with Gasteiger partial charge in [0.1, 0.15) is 0 Å². The van der Waals surface area contributed by atoms with Crippen molar-refractivity contribution < 1.29 is 4.74 Å². The molecule has 2 rings (SSSR count). The molecule has 1 saturated heterocycles. The first-order valence-electron chi connectivity index (χ1n) is 7.21. The molecule has 106 valence electrons. The van der Waals surface area contributed by atoms with Crippen LogP contribution in [0.25, 0.3) is 0 Å². The summed E-state index contributed by atoms with van der Waals surface area (Å²) < 4.78 is 5.83. The minimum absolute atomic E-state index is 0.320. The number of anilines is 1. The van der Waals surface area contributed by atoms with Crippen molar-refractivity contribution in [2.75, 3.05) is 31.1 Å².